The van der Waals surface area contributed by atoms with E-state index in [2.05, 4.69) is 67.6 Å². The van der Waals surface area contributed by atoms with Gasteiger partial charge in [-0.05, 0) is 42.1 Å². The van der Waals surface area contributed by atoms with Crippen molar-refractivity contribution < 1.29 is 0 Å². The predicted molar refractivity (Wildman–Crippen MR) is 96.0 cm³/mol. The van der Waals surface area contributed by atoms with Crippen LogP contribution in [0.5, 0.6) is 0 Å². The van der Waals surface area contributed by atoms with Crippen LogP contribution in [0.4, 0.5) is 0 Å². The third-order valence-corrected chi connectivity index (χ3v) is 5.00. The van der Waals surface area contributed by atoms with Gasteiger partial charge in [0.25, 0.3) is 0 Å². The highest BCUT2D eigenvalue weighted by Gasteiger charge is 2.22. The van der Waals surface area contributed by atoms with Gasteiger partial charge in [0.05, 0.1) is 0 Å². The Morgan fingerprint density at radius 3 is 2.48 bits per heavy atom. The van der Waals surface area contributed by atoms with Gasteiger partial charge in [-0.3, -0.25) is 4.90 Å². The average molecular weight is 302 g/mol. The van der Waals surface area contributed by atoms with Crippen molar-refractivity contribution in [2.24, 2.45) is 5.73 Å². The molecule has 0 aromatic heterocycles. The first-order chi connectivity index (χ1) is 10.2. The SMILES string of the molecule is CCC(CSC)N(C)C(CN)c1ccc2ccccc2c1. The van der Waals surface area contributed by atoms with Gasteiger partial charge in [-0.25, -0.2) is 0 Å². The van der Waals surface area contributed by atoms with Crippen LogP contribution in [0.3, 0.4) is 0 Å². The zero-order valence-electron chi connectivity index (χ0n) is 13.3. The summed E-state index contributed by atoms with van der Waals surface area (Å²) < 4.78 is 0. The summed E-state index contributed by atoms with van der Waals surface area (Å²) in [4.78, 5) is 2.45. The summed E-state index contributed by atoms with van der Waals surface area (Å²) in [5.41, 5.74) is 7.41. The largest absolute Gasteiger partial charge is 0.329 e. The van der Waals surface area contributed by atoms with E-state index in [9.17, 15) is 0 Å². The number of likely N-dealkylation sites (N-methyl/N-ethyl adjacent to an activating group) is 1. The quantitative estimate of drug-likeness (QED) is 0.840. The number of thioether (sulfide) groups is 1. The summed E-state index contributed by atoms with van der Waals surface area (Å²) in [5, 5.41) is 2.58. The fourth-order valence-corrected chi connectivity index (χ4v) is 3.78. The molecule has 0 fully saturated rings. The Labute approximate surface area is 132 Å². The van der Waals surface area contributed by atoms with Gasteiger partial charge in [0.1, 0.15) is 0 Å². The lowest BCUT2D eigenvalue weighted by Crippen LogP contribution is -2.39. The predicted octanol–water partition coefficient (Wildman–Crippen LogP) is 3.91. The van der Waals surface area contributed by atoms with Crippen molar-refractivity contribution >= 4 is 22.5 Å². The summed E-state index contributed by atoms with van der Waals surface area (Å²) in [7, 11) is 2.21. The van der Waals surface area contributed by atoms with Crippen molar-refractivity contribution in [3.05, 3.63) is 48.0 Å². The number of benzene rings is 2. The molecule has 2 unspecified atom stereocenters. The van der Waals surface area contributed by atoms with Crippen LogP contribution < -0.4 is 5.73 Å². The van der Waals surface area contributed by atoms with Crippen molar-refractivity contribution in [1.29, 1.82) is 0 Å². The highest BCUT2D eigenvalue weighted by molar-refractivity contribution is 7.98. The molecule has 0 heterocycles. The molecule has 21 heavy (non-hydrogen) atoms. The van der Waals surface area contributed by atoms with Crippen LogP contribution in [0.2, 0.25) is 0 Å². The third kappa shape index (κ3) is 3.79. The highest BCUT2D eigenvalue weighted by atomic mass is 32.2. The van der Waals surface area contributed by atoms with E-state index in [1.54, 1.807) is 0 Å². The van der Waals surface area contributed by atoms with Gasteiger partial charge in [0.2, 0.25) is 0 Å². The van der Waals surface area contributed by atoms with Gasteiger partial charge >= 0.3 is 0 Å². The van der Waals surface area contributed by atoms with E-state index < -0.39 is 0 Å². The first-order valence-electron chi connectivity index (χ1n) is 7.60. The Bertz CT molecular complexity index is 570. The van der Waals surface area contributed by atoms with Crippen LogP contribution in [0, 0.1) is 0 Å². The summed E-state index contributed by atoms with van der Waals surface area (Å²) in [6.07, 6.45) is 3.32. The second-order valence-electron chi connectivity index (χ2n) is 5.54. The van der Waals surface area contributed by atoms with Crippen LogP contribution in [0.25, 0.3) is 10.8 Å². The third-order valence-electron chi connectivity index (χ3n) is 4.28. The molecule has 3 heteroatoms. The maximum atomic E-state index is 6.09. The number of hydrogen-bond donors (Lipinski definition) is 1. The molecule has 2 rings (SSSR count). The Morgan fingerprint density at radius 2 is 1.86 bits per heavy atom. The fourth-order valence-electron chi connectivity index (χ4n) is 2.92. The first kappa shape index (κ1) is 16.3. The lowest BCUT2D eigenvalue weighted by Gasteiger charge is -2.34. The Morgan fingerprint density at radius 1 is 1.14 bits per heavy atom. The van der Waals surface area contributed by atoms with E-state index in [0.29, 0.717) is 12.6 Å². The molecule has 0 saturated carbocycles. The normalized spacial score (nSPS) is 14.5. The van der Waals surface area contributed by atoms with Crippen LogP contribution in [0.15, 0.2) is 42.5 Å². The summed E-state index contributed by atoms with van der Waals surface area (Å²) in [5.74, 6) is 1.15. The molecule has 114 valence electrons. The summed E-state index contributed by atoms with van der Waals surface area (Å²) >= 11 is 1.91. The molecule has 0 aliphatic rings. The zero-order valence-corrected chi connectivity index (χ0v) is 14.1. The molecule has 2 N–H and O–H groups in total. The number of nitrogens with two attached hydrogens (primary N) is 1. The van der Waals surface area contributed by atoms with Crippen LogP contribution in [-0.4, -0.2) is 36.5 Å². The molecule has 0 saturated heterocycles. The van der Waals surface area contributed by atoms with E-state index in [-0.39, 0.29) is 6.04 Å². The zero-order chi connectivity index (χ0) is 15.2. The number of fused-ring (bicyclic) bond motifs is 1. The Kier molecular flexibility index (Phi) is 6.09. The fraction of sp³-hybridized carbons (Fsp3) is 0.444. The standard InChI is InChI=1S/C18H26N2S/c1-4-17(13-21-3)20(2)18(12-19)16-10-9-14-7-5-6-8-15(14)11-16/h5-11,17-18H,4,12-13,19H2,1-3H3. The topological polar surface area (TPSA) is 29.3 Å². The minimum Gasteiger partial charge on any atom is -0.329 e. The summed E-state index contributed by atoms with van der Waals surface area (Å²) in [6.45, 7) is 2.91. The maximum Gasteiger partial charge on any atom is 0.0470 e. The number of hydrogen-bond acceptors (Lipinski definition) is 3. The molecule has 2 atom stereocenters. The van der Waals surface area contributed by atoms with Gasteiger partial charge in [-0.1, -0.05) is 43.3 Å². The summed E-state index contributed by atoms with van der Waals surface area (Å²) in [6, 6.07) is 16.1. The van der Waals surface area contributed by atoms with Crippen molar-refractivity contribution in [3.63, 3.8) is 0 Å². The lowest BCUT2D eigenvalue weighted by molar-refractivity contribution is 0.188. The van der Waals surface area contributed by atoms with Crippen molar-refractivity contribution in [2.45, 2.75) is 25.4 Å². The van der Waals surface area contributed by atoms with Gasteiger partial charge in [0.15, 0.2) is 0 Å². The average Bonchev–Trinajstić information content (AvgIpc) is 2.53. The molecular weight excluding hydrogens is 276 g/mol. The molecule has 2 aromatic rings. The minimum atomic E-state index is 0.284. The molecule has 0 spiro atoms. The molecule has 2 aromatic carbocycles. The first-order valence-corrected chi connectivity index (χ1v) is 9.00. The van der Waals surface area contributed by atoms with E-state index in [1.165, 1.54) is 16.3 Å². The van der Waals surface area contributed by atoms with E-state index in [0.717, 1.165) is 12.2 Å². The van der Waals surface area contributed by atoms with Crippen molar-refractivity contribution in [1.82, 2.24) is 4.90 Å². The highest BCUT2D eigenvalue weighted by Crippen LogP contribution is 2.26. The molecule has 2 nitrogen and oxygen atoms in total. The van der Waals surface area contributed by atoms with Gasteiger partial charge in [0, 0.05) is 24.4 Å². The van der Waals surface area contributed by atoms with Gasteiger partial charge in [-0.15, -0.1) is 0 Å². The van der Waals surface area contributed by atoms with E-state index in [1.807, 2.05) is 11.8 Å². The van der Waals surface area contributed by atoms with Gasteiger partial charge in [-0.2, -0.15) is 11.8 Å². The van der Waals surface area contributed by atoms with Crippen molar-refractivity contribution in [3.8, 4) is 0 Å². The van der Waals surface area contributed by atoms with Gasteiger partial charge < -0.3 is 5.73 Å². The van der Waals surface area contributed by atoms with Crippen molar-refractivity contribution in [2.75, 3.05) is 25.6 Å². The molecule has 0 aliphatic carbocycles. The number of rotatable bonds is 7. The second kappa shape index (κ2) is 7.83. The monoisotopic (exact) mass is 302 g/mol. The second-order valence-corrected chi connectivity index (χ2v) is 6.45. The Hall–Kier alpha value is -1.03. The molecule has 0 bridgehead atoms. The minimum absolute atomic E-state index is 0.284. The smallest absolute Gasteiger partial charge is 0.0470 e. The molecular formula is C18H26N2S. The molecule has 0 amide bonds. The van der Waals surface area contributed by atoms with Crippen LogP contribution in [0.1, 0.15) is 24.9 Å². The van der Waals surface area contributed by atoms with Crippen LogP contribution in [-0.2, 0) is 0 Å². The maximum absolute atomic E-state index is 6.09. The number of nitrogens with zero attached hydrogens (tertiary/aromatic N) is 1. The van der Waals surface area contributed by atoms with E-state index in [4.69, 9.17) is 5.73 Å². The van der Waals surface area contributed by atoms with Crippen LogP contribution >= 0.6 is 11.8 Å². The molecule has 0 aliphatic heterocycles. The lowest BCUT2D eigenvalue weighted by atomic mass is 9.99. The molecule has 0 radical (unpaired) electrons. The Balaban J connectivity index is 2.29. The van der Waals surface area contributed by atoms with E-state index >= 15 is 0 Å².